The number of benzene rings is 2. The van der Waals surface area contributed by atoms with Gasteiger partial charge < -0.3 is 10.0 Å². The normalized spacial score (nSPS) is 16.9. The minimum absolute atomic E-state index is 0.0163. The standard InChI is InChI=1S/C20H18N2O3S/c23-18(12-13-5-3-6-14(11-13)20(24)25)22-10-4-8-16(22)19-21-15-7-1-2-9-17(15)26-19/h1-3,5-7,9,11,16H,4,8,10,12H2,(H,24,25). The van der Waals surface area contributed by atoms with Crippen molar-refractivity contribution < 1.29 is 14.7 Å². The lowest BCUT2D eigenvalue weighted by Crippen LogP contribution is -2.31. The van der Waals surface area contributed by atoms with Crippen LogP contribution in [0.5, 0.6) is 0 Å². The summed E-state index contributed by atoms with van der Waals surface area (Å²) in [4.78, 5) is 30.6. The molecule has 4 rings (SSSR count). The van der Waals surface area contributed by atoms with Gasteiger partial charge in [-0.15, -0.1) is 11.3 Å². The van der Waals surface area contributed by atoms with E-state index in [1.165, 1.54) is 6.07 Å². The highest BCUT2D eigenvalue weighted by atomic mass is 32.1. The molecule has 0 bridgehead atoms. The molecule has 3 aromatic rings. The molecule has 2 aromatic carbocycles. The van der Waals surface area contributed by atoms with Crippen molar-refractivity contribution in [1.29, 1.82) is 0 Å². The number of carbonyl (C=O) groups excluding carboxylic acids is 1. The molecule has 1 N–H and O–H groups in total. The summed E-state index contributed by atoms with van der Waals surface area (Å²) in [6.45, 7) is 0.720. The molecule has 2 heterocycles. The van der Waals surface area contributed by atoms with Crippen LogP contribution >= 0.6 is 11.3 Å². The van der Waals surface area contributed by atoms with Gasteiger partial charge in [0.05, 0.1) is 28.2 Å². The zero-order valence-electron chi connectivity index (χ0n) is 14.1. The quantitative estimate of drug-likeness (QED) is 0.760. The number of carboxylic acid groups (broad SMARTS) is 1. The van der Waals surface area contributed by atoms with Crippen LogP contribution in [0, 0.1) is 0 Å². The molecule has 1 unspecified atom stereocenters. The van der Waals surface area contributed by atoms with Gasteiger partial charge in [0.2, 0.25) is 5.91 Å². The molecule has 132 valence electrons. The van der Waals surface area contributed by atoms with Crippen LogP contribution < -0.4 is 0 Å². The monoisotopic (exact) mass is 366 g/mol. The summed E-state index contributed by atoms with van der Waals surface area (Å²) >= 11 is 1.65. The van der Waals surface area contributed by atoms with E-state index in [0.717, 1.165) is 40.2 Å². The van der Waals surface area contributed by atoms with Crippen LogP contribution in [-0.2, 0) is 11.2 Å². The number of para-hydroxylation sites is 1. The Morgan fingerprint density at radius 1 is 1.19 bits per heavy atom. The summed E-state index contributed by atoms with van der Waals surface area (Å²) in [5.41, 5.74) is 1.91. The lowest BCUT2D eigenvalue weighted by molar-refractivity contribution is -0.131. The number of rotatable bonds is 4. The van der Waals surface area contributed by atoms with Gasteiger partial charge in [-0.25, -0.2) is 9.78 Å². The summed E-state index contributed by atoms with van der Waals surface area (Å²) in [6.07, 6.45) is 2.09. The first-order valence-electron chi connectivity index (χ1n) is 8.59. The maximum absolute atomic E-state index is 12.9. The van der Waals surface area contributed by atoms with E-state index >= 15 is 0 Å². The molecule has 5 nitrogen and oxygen atoms in total. The van der Waals surface area contributed by atoms with E-state index in [1.54, 1.807) is 29.5 Å². The van der Waals surface area contributed by atoms with Gasteiger partial charge in [0, 0.05) is 6.54 Å². The fourth-order valence-electron chi connectivity index (χ4n) is 3.45. The first-order valence-corrected chi connectivity index (χ1v) is 9.40. The van der Waals surface area contributed by atoms with Gasteiger partial charge in [-0.3, -0.25) is 4.79 Å². The molecule has 1 aliphatic heterocycles. The van der Waals surface area contributed by atoms with Crippen molar-refractivity contribution in [2.75, 3.05) is 6.54 Å². The molecular weight excluding hydrogens is 348 g/mol. The average molecular weight is 366 g/mol. The second kappa shape index (κ2) is 6.88. The molecule has 0 saturated carbocycles. The zero-order chi connectivity index (χ0) is 18.1. The lowest BCUT2D eigenvalue weighted by atomic mass is 10.1. The number of carbonyl (C=O) groups is 2. The Labute approximate surface area is 154 Å². The summed E-state index contributed by atoms with van der Waals surface area (Å²) in [6, 6.07) is 14.6. The van der Waals surface area contributed by atoms with Crippen molar-refractivity contribution in [3.8, 4) is 0 Å². The van der Waals surface area contributed by atoms with Crippen LogP contribution in [0.1, 0.15) is 39.8 Å². The molecule has 1 saturated heterocycles. The average Bonchev–Trinajstić information content (AvgIpc) is 3.28. The fourth-order valence-corrected chi connectivity index (χ4v) is 4.56. The van der Waals surface area contributed by atoms with E-state index in [4.69, 9.17) is 10.1 Å². The molecule has 1 aliphatic rings. The number of aromatic nitrogens is 1. The van der Waals surface area contributed by atoms with Gasteiger partial charge in [0.1, 0.15) is 5.01 Å². The number of amides is 1. The molecule has 0 aliphatic carbocycles. The van der Waals surface area contributed by atoms with E-state index in [0.29, 0.717) is 0 Å². The third kappa shape index (κ3) is 3.20. The molecule has 1 atom stereocenters. The van der Waals surface area contributed by atoms with Crippen LogP contribution in [-0.4, -0.2) is 33.4 Å². The second-order valence-corrected chi connectivity index (χ2v) is 7.51. The van der Waals surface area contributed by atoms with Gasteiger partial charge in [0.15, 0.2) is 0 Å². The Morgan fingerprint density at radius 2 is 2.04 bits per heavy atom. The lowest BCUT2D eigenvalue weighted by Gasteiger charge is -2.23. The SMILES string of the molecule is O=C(O)c1cccc(CC(=O)N2CCCC2c2nc3ccccc3s2)c1. The van der Waals surface area contributed by atoms with E-state index < -0.39 is 5.97 Å². The predicted octanol–water partition coefficient (Wildman–Crippen LogP) is 3.90. The van der Waals surface area contributed by atoms with Crippen molar-refractivity contribution in [2.24, 2.45) is 0 Å². The molecule has 1 aromatic heterocycles. The molecule has 26 heavy (non-hydrogen) atoms. The number of likely N-dealkylation sites (tertiary alicyclic amines) is 1. The van der Waals surface area contributed by atoms with Crippen molar-refractivity contribution in [3.63, 3.8) is 0 Å². The molecule has 1 fully saturated rings. The second-order valence-electron chi connectivity index (χ2n) is 6.45. The van der Waals surface area contributed by atoms with Crippen molar-refractivity contribution in [1.82, 2.24) is 9.88 Å². The Bertz CT molecular complexity index is 949. The van der Waals surface area contributed by atoms with Crippen molar-refractivity contribution in [2.45, 2.75) is 25.3 Å². The van der Waals surface area contributed by atoms with Gasteiger partial charge in [0.25, 0.3) is 0 Å². The minimum Gasteiger partial charge on any atom is -0.478 e. The Kier molecular flexibility index (Phi) is 4.42. The summed E-state index contributed by atoms with van der Waals surface area (Å²) < 4.78 is 1.14. The van der Waals surface area contributed by atoms with E-state index in [-0.39, 0.29) is 23.9 Å². The number of nitrogens with zero attached hydrogens (tertiary/aromatic N) is 2. The van der Waals surface area contributed by atoms with Gasteiger partial charge in [-0.1, -0.05) is 24.3 Å². The van der Waals surface area contributed by atoms with Crippen LogP contribution in [0.4, 0.5) is 0 Å². The highest BCUT2D eigenvalue weighted by Crippen LogP contribution is 2.36. The number of thiazole rings is 1. The first-order chi connectivity index (χ1) is 12.6. The van der Waals surface area contributed by atoms with Crippen LogP contribution in [0.25, 0.3) is 10.2 Å². The van der Waals surface area contributed by atoms with Gasteiger partial charge >= 0.3 is 5.97 Å². The molecular formula is C20H18N2O3S. The molecule has 1 amide bonds. The van der Waals surface area contributed by atoms with Gasteiger partial charge in [-0.2, -0.15) is 0 Å². The topological polar surface area (TPSA) is 70.5 Å². The van der Waals surface area contributed by atoms with Crippen molar-refractivity contribution in [3.05, 3.63) is 64.7 Å². The van der Waals surface area contributed by atoms with Crippen LogP contribution in [0.3, 0.4) is 0 Å². The number of aromatic carboxylic acids is 1. The Balaban J connectivity index is 1.55. The summed E-state index contributed by atoms with van der Waals surface area (Å²) in [5, 5.41) is 10.1. The van der Waals surface area contributed by atoms with Crippen LogP contribution in [0.15, 0.2) is 48.5 Å². The molecule has 0 radical (unpaired) electrons. The maximum atomic E-state index is 12.9. The van der Waals surface area contributed by atoms with E-state index in [1.807, 2.05) is 23.1 Å². The maximum Gasteiger partial charge on any atom is 0.335 e. The number of fused-ring (bicyclic) bond motifs is 1. The van der Waals surface area contributed by atoms with Gasteiger partial charge in [-0.05, 0) is 42.7 Å². The third-order valence-electron chi connectivity index (χ3n) is 4.70. The van der Waals surface area contributed by atoms with Crippen molar-refractivity contribution >= 4 is 33.4 Å². The summed E-state index contributed by atoms with van der Waals surface area (Å²) in [7, 11) is 0. The number of carboxylic acids is 1. The molecule has 6 heteroatoms. The highest BCUT2D eigenvalue weighted by Gasteiger charge is 2.32. The zero-order valence-corrected chi connectivity index (χ0v) is 14.9. The third-order valence-corrected chi connectivity index (χ3v) is 5.84. The Hall–Kier alpha value is -2.73. The first kappa shape index (κ1) is 16.7. The summed E-state index contributed by atoms with van der Waals surface area (Å²) in [5.74, 6) is -0.956. The highest BCUT2D eigenvalue weighted by molar-refractivity contribution is 7.18. The van der Waals surface area contributed by atoms with E-state index in [9.17, 15) is 9.59 Å². The predicted molar refractivity (Wildman–Crippen MR) is 100 cm³/mol. The minimum atomic E-state index is -0.979. The largest absolute Gasteiger partial charge is 0.478 e. The smallest absolute Gasteiger partial charge is 0.335 e. The van der Waals surface area contributed by atoms with E-state index in [2.05, 4.69) is 6.07 Å². The Morgan fingerprint density at radius 3 is 2.85 bits per heavy atom. The number of hydrogen-bond donors (Lipinski definition) is 1. The van der Waals surface area contributed by atoms with Crippen LogP contribution in [0.2, 0.25) is 0 Å². The number of hydrogen-bond acceptors (Lipinski definition) is 4. The fraction of sp³-hybridized carbons (Fsp3) is 0.250. The molecule has 0 spiro atoms.